The molecule has 1 fully saturated rings. The van der Waals surface area contributed by atoms with Gasteiger partial charge in [0.2, 0.25) is 5.91 Å². The first-order chi connectivity index (χ1) is 9.61. The number of nitrogens with one attached hydrogen (secondary N) is 1. The van der Waals surface area contributed by atoms with Crippen LogP contribution in [0.15, 0.2) is 18.2 Å². The Hall–Kier alpha value is -1.49. The fourth-order valence-electron chi connectivity index (χ4n) is 2.21. The first-order valence-electron chi connectivity index (χ1n) is 6.73. The van der Waals surface area contributed by atoms with E-state index in [0.717, 1.165) is 24.2 Å². The lowest BCUT2D eigenvalue weighted by atomic mass is 10.1. The number of carbonyl (C=O) groups is 2. The summed E-state index contributed by atoms with van der Waals surface area (Å²) in [5.41, 5.74) is 1.88. The normalized spacial score (nSPS) is 18.4. The smallest absolute Gasteiger partial charge is 0.339 e. The molecule has 1 amide bonds. The van der Waals surface area contributed by atoms with Gasteiger partial charge in [-0.15, -0.1) is 11.8 Å². The minimum atomic E-state index is -0.430. The zero-order chi connectivity index (χ0) is 14.5. The Balaban J connectivity index is 2.15. The lowest BCUT2D eigenvalue weighted by molar-refractivity contribution is -0.115. The predicted octanol–water partition coefficient (Wildman–Crippen LogP) is 3.01. The van der Waals surface area contributed by atoms with E-state index in [2.05, 4.69) is 5.32 Å². The zero-order valence-electron chi connectivity index (χ0n) is 11.8. The number of hydrogen-bond acceptors (Lipinski definition) is 4. The van der Waals surface area contributed by atoms with Gasteiger partial charge in [-0.3, -0.25) is 4.79 Å². The molecule has 1 saturated heterocycles. The van der Waals surface area contributed by atoms with E-state index in [-0.39, 0.29) is 11.2 Å². The van der Waals surface area contributed by atoms with Crippen LogP contribution in [0.4, 0.5) is 5.69 Å². The number of aryl methyl sites for hydroxylation is 1. The Morgan fingerprint density at radius 3 is 2.80 bits per heavy atom. The second-order valence-corrected chi connectivity index (χ2v) is 6.20. The molecule has 1 aromatic rings. The van der Waals surface area contributed by atoms with Crippen LogP contribution in [0.5, 0.6) is 0 Å². The van der Waals surface area contributed by atoms with Crippen molar-refractivity contribution in [1.82, 2.24) is 0 Å². The van der Waals surface area contributed by atoms with E-state index in [0.29, 0.717) is 11.3 Å². The average Bonchev–Trinajstić information content (AvgIpc) is 2.49. The number of esters is 1. The molecule has 0 bridgehead atoms. The maximum atomic E-state index is 12.2. The highest BCUT2D eigenvalue weighted by Crippen LogP contribution is 2.27. The molecular formula is C15H19NO3S. The Morgan fingerprint density at radius 2 is 2.15 bits per heavy atom. The van der Waals surface area contributed by atoms with Crippen molar-refractivity contribution in [3.05, 3.63) is 29.3 Å². The van der Waals surface area contributed by atoms with E-state index in [9.17, 15) is 9.59 Å². The van der Waals surface area contributed by atoms with Gasteiger partial charge in [-0.25, -0.2) is 4.79 Å². The van der Waals surface area contributed by atoms with E-state index in [4.69, 9.17) is 4.74 Å². The van der Waals surface area contributed by atoms with Crippen LogP contribution in [0.1, 0.15) is 35.2 Å². The minimum absolute atomic E-state index is 0.0180. The summed E-state index contributed by atoms with van der Waals surface area (Å²) in [6.45, 7) is 1.90. The van der Waals surface area contributed by atoms with Crippen molar-refractivity contribution in [1.29, 1.82) is 0 Å². The molecule has 4 nitrogen and oxygen atoms in total. The molecule has 2 rings (SSSR count). The van der Waals surface area contributed by atoms with Crippen LogP contribution in [0.2, 0.25) is 0 Å². The van der Waals surface area contributed by atoms with Crippen molar-refractivity contribution in [2.45, 2.75) is 31.4 Å². The highest BCUT2D eigenvalue weighted by atomic mass is 32.2. The molecule has 108 valence electrons. The summed E-state index contributed by atoms with van der Waals surface area (Å²) in [5.74, 6) is 0.569. The van der Waals surface area contributed by atoms with E-state index >= 15 is 0 Å². The highest BCUT2D eigenvalue weighted by molar-refractivity contribution is 8.00. The summed E-state index contributed by atoms with van der Waals surface area (Å²) < 4.78 is 4.76. The summed E-state index contributed by atoms with van der Waals surface area (Å²) in [6.07, 6.45) is 3.16. The third kappa shape index (κ3) is 3.54. The maximum absolute atomic E-state index is 12.2. The van der Waals surface area contributed by atoms with Crippen LogP contribution in [0.25, 0.3) is 0 Å². The number of thioether (sulfide) groups is 1. The number of amides is 1. The van der Waals surface area contributed by atoms with Crippen LogP contribution in [0, 0.1) is 6.92 Å². The zero-order valence-corrected chi connectivity index (χ0v) is 12.6. The maximum Gasteiger partial charge on any atom is 0.339 e. The summed E-state index contributed by atoms with van der Waals surface area (Å²) >= 11 is 1.69. The van der Waals surface area contributed by atoms with Gasteiger partial charge in [-0.2, -0.15) is 0 Å². The molecule has 0 aromatic heterocycles. The van der Waals surface area contributed by atoms with Crippen molar-refractivity contribution in [3.63, 3.8) is 0 Å². The molecule has 0 spiro atoms. The van der Waals surface area contributed by atoms with Gasteiger partial charge in [-0.1, -0.05) is 18.1 Å². The van der Waals surface area contributed by atoms with E-state index < -0.39 is 5.97 Å². The molecule has 1 heterocycles. The SMILES string of the molecule is COC(=O)c1cc(C)ccc1NC(=O)C1CCCCS1. The van der Waals surface area contributed by atoms with Crippen molar-refractivity contribution >= 4 is 29.3 Å². The number of ether oxygens (including phenoxy) is 1. The number of carbonyl (C=O) groups excluding carboxylic acids is 2. The lowest BCUT2D eigenvalue weighted by Crippen LogP contribution is -2.28. The van der Waals surface area contributed by atoms with E-state index in [1.54, 1.807) is 23.9 Å². The molecule has 1 unspecified atom stereocenters. The Morgan fingerprint density at radius 1 is 1.35 bits per heavy atom. The largest absolute Gasteiger partial charge is 0.465 e. The Labute approximate surface area is 123 Å². The standard InChI is InChI=1S/C15H19NO3S/c1-10-6-7-12(11(9-10)15(18)19-2)16-14(17)13-5-3-4-8-20-13/h6-7,9,13H,3-5,8H2,1-2H3,(H,16,17). The summed E-state index contributed by atoms with van der Waals surface area (Å²) in [4.78, 5) is 24.0. The topological polar surface area (TPSA) is 55.4 Å². The summed E-state index contributed by atoms with van der Waals surface area (Å²) in [5, 5.41) is 2.84. The third-order valence-electron chi connectivity index (χ3n) is 3.31. The summed E-state index contributed by atoms with van der Waals surface area (Å²) in [7, 11) is 1.34. The molecular weight excluding hydrogens is 274 g/mol. The first kappa shape index (κ1) is 14.9. The van der Waals surface area contributed by atoms with Crippen LogP contribution in [0.3, 0.4) is 0 Å². The Kier molecular flexibility index (Phi) is 5.06. The molecule has 1 aliphatic rings. The van der Waals surface area contributed by atoms with Gasteiger partial charge in [0.1, 0.15) is 0 Å². The number of methoxy groups -OCH3 is 1. The lowest BCUT2D eigenvalue weighted by Gasteiger charge is -2.21. The molecule has 0 aliphatic carbocycles. The fraction of sp³-hybridized carbons (Fsp3) is 0.467. The predicted molar refractivity (Wildman–Crippen MR) is 81.2 cm³/mol. The molecule has 1 aliphatic heterocycles. The second kappa shape index (κ2) is 6.79. The van der Waals surface area contributed by atoms with Crippen LogP contribution in [-0.2, 0) is 9.53 Å². The third-order valence-corrected chi connectivity index (χ3v) is 4.69. The highest BCUT2D eigenvalue weighted by Gasteiger charge is 2.23. The van der Waals surface area contributed by atoms with Crippen molar-refractivity contribution in [2.75, 3.05) is 18.2 Å². The molecule has 5 heteroatoms. The van der Waals surface area contributed by atoms with Crippen molar-refractivity contribution in [2.24, 2.45) is 0 Å². The van der Waals surface area contributed by atoms with E-state index in [1.807, 2.05) is 13.0 Å². The van der Waals surface area contributed by atoms with Gasteiger partial charge in [0.25, 0.3) is 0 Å². The molecule has 1 atom stereocenters. The van der Waals surface area contributed by atoms with Crippen LogP contribution >= 0.6 is 11.8 Å². The molecule has 0 saturated carbocycles. The van der Waals surface area contributed by atoms with Crippen LogP contribution < -0.4 is 5.32 Å². The molecule has 20 heavy (non-hydrogen) atoms. The fourth-order valence-corrected chi connectivity index (χ4v) is 3.41. The van der Waals surface area contributed by atoms with Gasteiger partial charge in [0.05, 0.1) is 23.6 Å². The average molecular weight is 293 g/mol. The van der Waals surface area contributed by atoms with Gasteiger partial charge < -0.3 is 10.1 Å². The molecule has 0 radical (unpaired) electrons. The summed E-state index contributed by atoms with van der Waals surface area (Å²) in [6, 6.07) is 5.36. The van der Waals surface area contributed by atoms with Gasteiger partial charge in [-0.05, 0) is 37.7 Å². The number of benzene rings is 1. The van der Waals surface area contributed by atoms with Crippen molar-refractivity contribution in [3.8, 4) is 0 Å². The Bertz CT molecular complexity index is 510. The van der Waals surface area contributed by atoms with Gasteiger partial charge >= 0.3 is 5.97 Å². The first-order valence-corrected chi connectivity index (χ1v) is 7.78. The number of rotatable bonds is 3. The van der Waals surface area contributed by atoms with Gasteiger partial charge in [0, 0.05) is 0 Å². The monoisotopic (exact) mass is 293 g/mol. The quantitative estimate of drug-likeness (QED) is 0.870. The number of hydrogen-bond donors (Lipinski definition) is 1. The molecule has 1 N–H and O–H groups in total. The second-order valence-electron chi connectivity index (χ2n) is 4.89. The van der Waals surface area contributed by atoms with Gasteiger partial charge in [0.15, 0.2) is 0 Å². The van der Waals surface area contributed by atoms with Crippen molar-refractivity contribution < 1.29 is 14.3 Å². The molecule has 1 aromatic carbocycles. The minimum Gasteiger partial charge on any atom is -0.465 e. The van der Waals surface area contributed by atoms with E-state index in [1.165, 1.54) is 13.5 Å². The number of anilines is 1. The van der Waals surface area contributed by atoms with Crippen LogP contribution in [-0.4, -0.2) is 30.0 Å².